The van der Waals surface area contributed by atoms with Crippen molar-refractivity contribution in [3.8, 4) is 0 Å². The molecule has 0 aliphatic rings. The van der Waals surface area contributed by atoms with Crippen LogP contribution in [0.5, 0.6) is 0 Å². The predicted octanol–water partition coefficient (Wildman–Crippen LogP) is -0.255. The number of nitrogens with one attached hydrogen (secondary N) is 3. The number of benzene rings is 1. The fourth-order valence-electron chi connectivity index (χ4n) is 3.52. The van der Waals surface area contributed by atoms with Gasteiger partial charge in [0.05, 0.1) is 12.5 Å². The number of carbonyl (C=O) groups is 5. The summed E-state index contributed by atoms with van der Waals surface area (Å²) in [6.45, 7) is 4.11. The Kier molecular flexibility index (Phi) is 13.9. The molecule has 0 aromatic heterocycles. The number of aliphatic carboxylic acids is 2. The summed E-state index contributed by atoms with van der Waals surface area (Å²) in [5.74, 6) is -5.06. The number of unbranched alkanes of at least 4 members (excludes halogenated alkanes) is 1. The summed E-state index contributed by atoms with van der Waals surface area (Å²) >= 11 is 0. The maximum Gasteiger partial charge on any atom is 0.326 e. The highest BCUT2D eigenvalue weighted by molar-refractivity contribution is 5.94. The number of amides is 3. The van der Waals surface area contributed by atoms with Gasteiger partial charge in [-0.15, -0.1) is 0 Å². The molecule has 0 spiro atoms. The van der Waals surface area contributed by atoms with E-state index in [2.05, 4.69) is 16.0 Å². The van der Waals surface area contributed by atoms with E-state index in [9.17, 15) is 29.1 Å². The van der Waals surface area contributed by atoms with Gasteiger partial charge in [0.15, 0.2) is 0 Å². The maximum absolute atomic E-state index is 13.2. The second kappa shape index (κ2) is 16.3. The molecular weight excluding hydrogens is 482 g/mol. The zero-order valence-electron chi connectivity index (χ0n) is 21.3. The Balaban J connectivity index is 3.14. The van der Waals surface area contributed by atoms with Gasteiger partial charge >= 0.3 is 11.9 Å². The molecule has 0 heterocycles. The lowest BCUT2D eigenvalue weighted by Gasteiger charge is -2.26. The van der Waals surface area contributed by atoms with Crippen molar-refractivity contribution in [1.82, 2.24) is 16.0 Å². The zero-order chi connectivity index (χ0) is 28.0. The molecule has 206 valence electrons. The summed E-state index contributed by atoms with van der Waals surface area (Å²) in [5, 5.41) is 25.7. The minimum atomic E-state index is -1.69. The van der Waals surface area contributed by atoms with Crippen LogP contribution < -0.4 is 27.4 Å². The first-order valence-electron chi connectivity index (χ1n) is 12.3. The van der Waals surface area contributed by atoms with Crippen molar-refractivity contribution >= 4 is 29.7 Å². The van der Waals surface area contributed by atoms with E-state index in [1.807, 2.05) is 13.8 Å². The van der Waals surface area contributed by atoms with Crippen LogP contribution in [0.3, 0.4) is 0 Å². The molecule has 0 aliphatic carbocycles. The molecule has 0 fully saturated rings. The normalized spacial score (nSPS) is 14.9. The Bertz CT molecular complexity index is 912. The smallest absolute Gasteiger partial charge is 0.326 e. The quantitative estimate of drug-likeness (QED) is 0.134. The fraction of sp³-hybridized carbons (Fsp3) is 0.560. The summed E-state index contributed by atoms with van der Waals surface area (Å²) < 4.78 is 0. The van der Waals surface area contributed by atoms with Gasteiger partial charge in [0.2, 0.25) is 17.7 Å². The van der Waals surface area contributed by atoms with Crippen LogP contribution in [0.25, 0.3) is 0 Å². The van der Waals surface area contributed by atoms with Crippen LogP contribution >= 0.6 is 0 Å². The third-order valence-electron chi connectivity index (χ3n) is 6.05. The highest BCUT2D eigenvalue weighted by Crippen LogP contribution is 2.09. The molecule has 1 aromatic carbocycles. The lowest BCUT2D eigenvalue weighted by molar-refractivity contribution is -0.147. The number of carboxylic acid groups (broad SMARTS) is 2. The molecule has 3 amide bonds. The number of carbonyl (C=O) groups excluding carboxylic acids is 3. The van der Waals surface area contributed by atoms with Gasteiger partial charge in [-0.2, -0.15) is 0 Å². The summed E-state index contributed by atoms with van der Waals surface area (Å²) in [6.07, 6.45) is 1.23. The standard InChI is InChI=1S/C25H39N5O7/c1-3-15(2)21(27)24(35)28-17(11-7-8-12-26)22(33)29-18(13-16-9-5-4-6-10-16)23(34)30-19(25(36)37)14-20(31)32/h4-6,9-10,15,17-19,21H,3,7-8,11-14,26-27H2,1-2H3,(H,28,35)(H,29,33)(H,30,34)(H,31,32)(H,36,37). The van der Waals surface area contributed by atoms with Crippen molar-refractivity contribution in [1.29, 1.82) is 0 Å². The number of carboxylic acids is 2. The van der Waals surface area contributed by atoms with Crippen LogP contribution in [0.1, 0.15) is 51.5 Å². The minimum Gasteiger partial charge on any atom is -0.481 e. The van der Waals surface area contributed by atoms with E-state index in [1.165, 1.54) is 0 Å². The number of hydrogen-bond donors (Lipinski definition) is 7. The summed E-state index contributed by atoms with van der Waals surface area (Å²) in [4.78, 5) is 61.4. The SMILES string of the molecule is CCC(C)C(N)C(=O)NC(CCCCN)C(=O)NC(Cc1ccccc1)C(=O)NC(CC(=O)O)C(=O)O. The van der Waals surface area contributed by atoms with Gasteiger partial charge in [-0.05, 0) is 37.3 Å². The molecule has 5 atom stereocenters. The molecular formula is C25H39N5O7. The van der Waals surface area contributed by atoms with Gasteiger partial charge in [0, 0.05) is 6.42 Å². The molecule has 0 saturated carbocycles. The molecule has 1 aromatic rings. The zero-order valence-corrected chi connectivity index (χ0v) is 21.3. The molecule has 1 rings (SSSR count). The van der Waals surface area contributed by atoms with Crippen molar-refractivity contribution in [3.05, 3.63) is 35.9 Å². The van der Waals surface area contributed by atoms with Crippen LogP contribution in [-0.4, -0.2) is 70.6 Å². The molecule has 0 saturated heterocycles. The topological polar surface area (TPSA) is 214 Å². The molecule has 5 unspecified atom stereocenters. The van der Waals surface area contributed by atoms with Crippen molar-refractivity contribution in [2.24, 2.45) is 17.4 Å². The molecule has 9 N–H and O–H groups in total. The second-order valence-corrected chi connectivity index (χ2v) is 9.01. The Morgan fingerprint density at radius 2 is 1.43 bits per heavy atom. The molecule has 0 bridgehead atoms. The van der Waals surface area contributed by atoms with Crippen molar-refractivity contribution < 1.29 is 34.2 Å². The highest BCUT2D eigenvalue weighted by atomic mass is 16.4. The Hall–Kier alpha value is -3.51. The van der Waals surface area contributed by atoms with Crippen molar-refractivity contribution in [2.75, 3.05) is 6.54 Å². The summed E-state index contributed by atoms with van der Waals surface area (Å²) in [7, 11) is 0. The van der Waals surface area contributed by atoms with E-state index in [0.29, 0.717) is 31.4 Å². The first-order valence-corrected chi connectivity index (χ1v) is 12.3. The fourth-order valence-corrected chi connectivity index (χ4v) is 3.52. The van der Waals surface area contributed by atoms with E-state index in [1.54, 1.807) is 30.3 Å². The van der Waals surface area contributed by atoms with Crippen LogP contribution in [0.2, 0.25) is 0 Å². The largest absolute Gasteiger partial charge is 0.481 e. The minimum absolute atomic E-state index is 0.00761. The Morgan fingerprint density at radius 1 is 0.865 bits per heavy atom. The van der Waals surface area contributed by atoms with Crippen LogP contribution in [0.4, 0.5) is 0 Å². The lowest BCUT2D eigenvalue weighted by Crippen LogP contribution is -2.58. The average molecular weight is 522 g/mol. The monoisotopic (exact) mass is 521 g/mol. The third kappa shape index (κ3) is 11.4. The third-order valence-corrected chi connectivity index (χ3v) is 6.05. The van der Waals surface area contributed by atoms with Gasteiger partial charge in [-0.25, -0.2) is 4.79 Å². The van der Waals surface area contributed by atoms with Gasteiger partial charge in [-0.3, -0.25) is 19.2 Å². The number of rotatable bonds is 17. The van der Waals surface area contributed by atoms with E-state index >= 15 is 0 Å². The van der Waals surface area contributed by atoms with E-state index < -0.39 is 60.2 Å². The second-order valence-electron chi connectivity index (χ2n) is 9.01. The van der Waals surface area contributed by atoms with Gasteiger partial charge < -0.3 is 37.6 Å². The maximum atomic E-state index is 13.2. The van der Waals surface area contributed by atoms with E-state index in [4.69, 9.17) is 16.6 Å². The molecule has 37 heavy (non-hydrogen) atoms. The Labute approximate surface area is 216 Å². The lowest BCUT2D eigenvalue weighted by atomic mass is 9.98. The van der Waals surface area contributed by atoms with Gasteiger partial charge in [0.1, 0.15) is 18.1 Å². The van der Waals surface area contributed by atoms with Crippen LogP contribution in [0.15, 0.2) is 30.3 Å². The molecule has 0 aliphatic heterocycles. The summed E-state index contributed by atoms with van der Waals surface area (Å²) in [5.41, 5.74) is 12.3. The van der Waals surface area contributed by atoms with Crippen LogP contribution in [-0.2, 0) is 30.4 Å². The average Bonchev–Trinajstić information content (AvgIpc) is 2.86. The first kappa shape index (κ1) is 31.5. The van der Waals surface area contributed by atoms with E-state index in [-0.39, 0.29) is 18.8 Å². The molecule has 12 heteroatoms. The molecule has 12 nitrogen and oxygen atoms in total. The first-order chi connectivity index (χ1) is 17.5. The van der Waals surface area contributed by atoms with Crippen molar-refractivity contribution in [2.45, 2.75) is 76.5 Å². The van der Waals surface area contributed by atoms with E-state index in [0.717, 1.165) is 0 Å². The Morgan fingerprint density at radius 3 is 1.97 bits per heavy atom. The van der Waals surface area contributed by atoms with Crippen LogP contribution in [0, 0.1) is 5.92 Å². The number of nitrogens with two attached hydrogens (primary N) is 2. The predicted molar refractivity (Wildman–Crippen MR) is 136 cm³/mol. The highest BCUT2D eigenvalue weighted by Gasteiger charge is 2.31. The molecule has 0 radical (unpaired) electrons. The summed E-state index contributed by atoms with van der Waals surface area (Å²) in [6, 6.07) is 3.95. The van der Waals surface area contributed by atoms with Crippen molar-refractivity contribution in [3.63, 3.8) is 0 Å². The van der Waals surface area contributed by atoms with Gasteiger partial charge in [-0.1, -0.05) is 50.6 Å². The van der Waals surface area contributed by atoms with Gasteiger partial charge in [0.25, 0.3) is 0 Å². The number of hydrogen-bond acceptors (Lipinski definition) is 7.